The van der Waals surface area contributed by atoms with Crippen molar-refractivity contribution in [3.8, 4) is 11.1 Å². The average molecular weight is 545 g/mol. The van der Waals surface area contributed by atoms with Crippen LogP contribution in [0.1, 0.15) is 19.0 Å². The van der Waals surface area contributed by atoms with Crippen molar-refractivity contribution in [2.45, 2.75) is 38.1 Å². The fourth-order valence-electron chi connectivity index (χ4n) is 4.06. The van der Waals surface area contributed by atoms with Gasteiger partial charge in [0.1, 0.15) is 17.6 Å². The Morgan fingerprint density at radius 3 is 2.82 bits per heavy atom. The molecule has 1 aromatic carbocycles. The quantitative estimate of drug-likeness (QED) is 0.436. The van der Waals surface area contributed by atoms with E-state index in [1.165, 1.54) is 11.0 Å². The van der Waals surface area contributed by atoms with Crippen LogP contribution >= 0.6 is 12.4 Å². The molecule has 14 heteroatoms. The molecule has 3 atom stereocenters. The third-order valence-electron chi connectivity index (χ3n) is 6.02. The van der Waals surface area contributed by atoms with E-state index in [4.69, 9.17) is 15.3 Å². The average Bonchev–Trinajstić information content (AvgIpc) is 3.65. The van der Waals surface area contributed by atoms with Gasteiger partial charge in [0.25, 0.3) is 0 Å². The Labute approximate surface area is 223 Å². The van der Waals surface area contributed by atoms with E-state index < -0.39 is 24.1 Å². The number of benzene rings is 1. The van der Waals surface area contributed by atoms with E-state index in [2.05, 4.69) is 25.8 Å². The van der Waals surface area contributed by atoms with Gasteiger partial charge in [-0.25, -0.2) is 13.9 Å². The summed E-state index contributed by atoms with van der Waals surface area (Å²) in [7, 11) is 0. The summed E-state index contributed by atoms with van der Waals surface area (Å²) in [5, 5.41) is 14.4. The number of nitrogens with two attached hydrogens (primary N) is 1. The molecule has 200 valence electrons. The van der Waals surface area contributed by atoms with Crippen molar-refractivity contribution >= 4 is 35.8 Å². The molecule has 0 radical (unpaired) electrons. The minimum absolute atomic E-state index is 0. The number of pyridine rings is 1. The van der Waals surface area contributed by atoms with Crippen molar-refractivity contribution in [3.05, 3.63) is 60.4 Å². The van der Waals surface area contributed by atoms with Crippen LogP contribution in [0.15, 0.2) is 54.1 Å². The molecule has 3 aromatic rings. The molecule has 2 aliphatic heterocycles. The molecule has 3 N–H and O–H groups in total. The lowest BCUT2D eigenvalue weighted by atomic mass is 10.0. The van der Waals surface area contributed by atoms with Crippen LogP contribution in [-0.2, 0) is 20.9 Å². The van der Waals surface area contributed by atoms with Crippen molar-refractivity contribution in [2.24, 2.45) is 10.9 Å². The number of carbonyl (C=O) groups is 2. The lowest BCUT2D eigenvalue weighted by Gasteiger charge is -2.14. The first-order chi connectivity index (χ1) is 17.9. The van der Waals surface area contributed by atoms with E-state index in [9.17, 15) is 9.59 Å². The van der Waals surface area contributed by atoms with Gasteiger partial charge in [0, 0.05) is 29.9 Å². The molecule has 2 aromatic heterocycles. The molecule has 0 bridgehead atoms. The van der Waals surface area contributed by atoms with Crippen molar-refractivity contribution < 1.29 is 23.6 Å². The molecule has 1 saturated heterocycles. The van der Waals surface area contributed by atoms with Gasteiger partial charge in [0.05, 0.1) is 43.3 Å². The van der Waals surface area contributed by atoms with Gasteiger partial charge in [0.2, 0.25) is 5.91 Å². The van der Waals surface area contributed by atoms with Crippen molar-refractivity contribution in [1.82, 2.24) is 25.3 Å². The molecular formula is C24H26ClFN8O4. The van der Waals surface area contributed by atoms with Crippen LogP contribution < -0.4 is 16.0 Å². The first-order valence-electron chi connectivity index (χ1n) is 11.7. The first-order valence-corrected chi connectivity index (χ1v) is 11.7. The summed E-state index contributed by atoms with van der Waals surface area (Å²) in [6, 6.07) is 7.45. The molecule has 4 heterocycles. The Hall–Kier alpha value is -4.10. The van der Waals surface area contributed by atoms with E-state index in [1.807, 2.05) is 0 Å². The number of oxime groups is 1. The lowest BCUT2D eigenvalue weighted by Crippen LogP contribution is -2.41. The number of nitrogens with one attached hydrogen (secondary N) is 1. The number of ether oxygens (including phenoxy) is 1. The highest BCUT2D eigenvalue weighted by Gasteiger charge is 2.33. The lowest BCUT2D eigenvalue weighted by molar-refractivity contribution is -0.122. The number of amides is 2. The summed E-state index contributed by atoms with van der Waals surface area (Å²) in [4.78, 5) is 35.2. The van der Waals surface area contributed by atoms with Crippen LogP contribution in [0.25, 0.3) is 11.1 Å². The van der Waals surface area contributed by atoms with Crippen molar-refractivity contribution in [2.75, 3.05) is 18.0 Å². The molecule has 12 nitrogen and oxygen atoms in total. The zero-order valence-electron chi connectivity index (χ0n) is 20.4. The SMILES string of the molecule is C[C@H](N)C(=O)NC[C@@H]1CC(c2ccc(-c3ccc(N4C[C@H](Cn5ccnn5)OC4=O)cc3F)cn2)=NO1.Cl. The second-order valence-corrected chi connectivity index (χ2v) is 8.84. The Balaban J connectivity index is 0.00000336. The summed E-state index contributed by atoms with van der Waals surface area (Å²) < 4.78 is 22.0. The zero-order chi connectivity index (χ0) is 25.9. The standard InChI is InChI=1S/C24H25FN8O4.ClH/c1-14(26)23(34)28-11-17-9-22(30-37-17)21-5-2-15(10-27-21)19-4-3-16(8-20(19)25)33-13-18(36-24(33)35)12-32-7-6-29-31-32;/h2-8,10,14,17-18H,9,11-13,26H2,1H3,(H,28,34);1H/t14-,17-,18-;/m0./s1. The highest BCUT2D eigenvalue weighted by atomic mass is 35.5. The second-order valence-electron chi connectivity index (χ2n) is 8.84. The van der Waals surface area contributed by atoms with E-state index in [1.54, 1.807) is 54.5 Å². The van der Waals surface area contributed by atoms with Gasteiger partial charge >= 0.3 is 6.09 Å². The Morgan fingerprint density at radius 1 is 1.29 bits per heavy atom. The van der Waals surface area contributed by atoms with Gasteiger partial charge in [-0.2, -0.15) is 0 Å². The van der Waals surface area contributed by atoms with Gasteiger partial charge in [-0.1, -0.05) is 16.4 Å². The van der Waals surface area contributed by atoms with E-state index >= 15 is 4.39 Å². The highest BCUT2D eigenvalue weighted by molar-refractivity contribution is 6.00. The molecule has 5 rings (SSSR count). The number of rotatable bonds is 8. The van der Waals surface area contributed by atoms with Crippen LogP contribution in [0.2, 0.25) is 0 Å². The highest BCUT2D eigenvalue weighted by Crippen LogP contribution is 2.29. The summed E-state index contributed by atoms with van der Waals surface area (Å²) >= 11 is 0. The molecule has 0 spiro atoms. The Morgan fingerprint density at radius 2 is 2.13 bits per heavy atom. The normalized spacial score (nSPS) is 19.3. The van der Waals surface area contributed by atoms with E-state index in [-0.39, 0.29) is 37.5 Å². The zero-order valence-corrected chi connectivity index (χ0v) is 21.2. The first kappa shape index (κ1) is 26.9. The summed E-state index contributed by atoms with van der Waals surface area (Å²) in [6.45, 7) is 2.52. The predicted octanol–water partition coefficient (Wildman–Crippen LogP) is 1.88. The maximum Gasteiger partial charge on any atom is 0.414 e. The number of aromatic nitrogens is 4. The second kappa shape index (κ2) is 11.5. The van der Waals surface area contributed by atoms with Gasteiger partial charge < -0.3 is 20.6 Å². The van der Waals surface area contributed by atoms with Crippen LogP contribution in [0.4, 0.5) is 14.9 Å². The van der Waals surface area contributed by atoms with Crippen LogP contribution in [0, 0.1) is 5.82 Å². The largest absolute Gasteiger partial charge is 0.442 e. The van der Waals surface area contributed by atoms with Gasteiger partial charge in [-0.3, -0.25) is 14.7 Å². The fourth-order valence-corrected chi connectivity index (χ4v) is 4.06. The molecule has 1 fully saturated rings. The number of hydrogen-bond donors (Lipinski definition) is 2. The molecule has 0 unspecified atom stereocenters. The molecule has 0 aliphatic carbocycles. The fraction of sp³-hybridized carbons (Fsp3) is 0.333. The number of halogens is 2. The summed E-state index contributed by atoms with van der Waals surface area (Å²) in [6.07, 6.45) is 3.98. The summed E-state index contributed by atoms with van der Waals surface area (Å²) in [5.74, 6) is -0.758. The van der Waals surface area contributed by atoms with Crippen LogP contribution in [0.5, 0.6) is 0 Å². The number of nitrogens with zero attached hydrogens (tertiary/aromatic N) is 6. The van der Waals surface area contributed by atoms with Gasteiger partial charge in [-0.05, 0) is 31.2 Å². The third kappa shape index (κ3) is 5.89. The van der Waals surface area contributed by atoms with Crippen molar-refractivity contribution in [1.29, 1.82) is 0 Å². The molecule has 2 aliphatic rings. The Kier molecular flexibility index (Phi) is 8.17. The van der Waals surface area contributed by atoms with Crippen LogP contribution in [-0.4, -0.2) is 69.0 Å². The minimum Gasteiger partial charge on any atom is -0.442 e. The minimum atomic E-state index is -0.600. The number of anilines is 1. The van der Waals surface area contributed by atoms with Gasteiger partial charge in [-0.15, -0.1) is 17.5 Å². The van der Waals surface area contributed by atoms with E-state index in [0.29, 0.717) is 41.2 Å². The van der Waals surface area contributed by atoms with Gasteiger partial charge in [0.15, 0.2) is 6.10 Å². The molecule has 2 amide bonds. The molecule has 0 saturated carbocycles. The maximum absolute atomic E-state index is 15.1. The smallest absolute Gasteiger partial charge is 0.414 e. The number of hydrogen-bond acceptors (Lipinski definition) is 9. The number of cyclic esters (lactones) is 1. The Bertz CT molecular complexity index is 1320. The van der Waals surface area contributed by atoms with Crippen molar-refractivity contribution in [3.63, 3.8) is 0 Å². The molecular weight excluding hydrogens is 519 g/mol. The third-order valence-corrected chi connectivity index (χ3v) is 6.02. The van der Waals surface area contributed by atoms with E-state index in [0.717, 1.165) is 0 Å². The maximum atomic E-state index is 15.1. The van der Waals surface area contributed by atoms with Crippen LogP contribution in [0.3, 0.4) is 0 Å². The predicted molar refractivity (Wildman–Crippen MR) is 137 cm³/mol. The molecule has 38 heavy (non-hydrogen) atoms. The summed E-state index contributed by atoms with van der Waals surface area (Å²) in [5.41, 5.74) is 8.08. The topological polar surface area (TPSA) is 150 Å². The monoisotopic (exact) mass is 544 g/mol. The number of carbonyl (C=O) groups excluding carboxylic acids is 2.